The Hall–Kier alpha value is -1.37. The first-order valence-electron chi connectivity index (χ1n) is 6.49. The number of pyridine rings is 1. The number of anilines is 1. The van der Waals surface area contributed by atoms with Crippen LogP contribution in [0, 0.1) is 29.4 Å². The molecule has 112 valence electrons. The number of hydrogen-bond donors (Lipinski definition) is 0. The third kappa shape index (κ3) is 3.03. The van der Waals surface area contributed by atoms with Gasteiger partial charge in [-0.3, -0.25) is 0 Å². The number of rotatable bonds is 3. The fourth-order valence-corrected chi connectivity index (χ4v) is 2.53. The summed E-state index contributed by atoms with van der Waals surface area (Å²) >= 11 is 0. The molecular weight excluding hydrogens is 274 g/mol. The quantitative estimate of drug-likeness (QED) is 0.630. The topological polar surface area (TPSA) is 19.4 Å². The maximum absolute atomic E-state index is 13.6. The van der Waals surface area contributed by atoms with Gasteiger partial charge in [0.2, 0.25) is 11.6 Å². The standard InChI is InChI=1S/C13H17F4N3/c1-19-5-3-8(4-6-19)7-20(2)11-9(14)12(16)18-13(17)10(11)15/h8H,3-7H2,1-2H3. The van der Waals surface area contributed by atoms with Crippen molar-refractivity contribution in [3.63, 3.8) is 0 Å². The molecule has 3 nitrogen and oxygen atoms in total. The molecule has 0 atom stereocenters. The molecule has 0 saturated carbocycles. The van der Waals surface area contributed by atoms with Gasteiger partial charge in [0, 0.05) is 13.6 Å². The molecule has 0 spiro atoms. The van der Waals surface area contributed by atoms with E-state index in [1.807, 2.05) is 7.05 Å². The summed E-state index contributed by atoms with van der Waals surface area (Å²) in [5.74, 6) is -5.88. The van der Waals surface area contributed by atoms with Gasteiger partial charge in [-0.25, -0.2) is 0 Å². The summed E-state index contributed by atoms with van der Waals surface area (Å²) in [5, 5.41) is 0. The van der Waals surface area contributed by atoms with Crippen molar-refractivity contribution in [2.75, 3.05) is 38.6 Å². The van der Waals surface area contributed by atoms with E-state index in [9.17, 15) is 17.6 Å². The van der Waals surface area contributed by atoms with Crippen LogP contribution in [0.2, 0.25) is 0 Å². The molecule has 0 aromatic carbocycles. The lowest BCUT2D eigenvalue weighted by atomic mass is 9.96. The molecule has 0 N–H and O–H groups in total. The van der Waals surface area contributed by atoms with Crippen LogP contribution in [0.1, 0.15) is 12.8 Å². The molecule has 20 heavy (non-hydrogen) atoms. The zero-order valence-corrected chi connectivity index (χ0v) is 11.5. The molecule has 1 aliphatic heterocycles. The van der Waals surface area contributed by atoms with E-state index in [-0.39, 0.29) is 5.92 Å². The molecule has 1 fully saturated rings. The molecule has 1 aromatic rings. The van der Waals surface area contributed by atoms with E-state index >= 15 is 0 Å². The van der Waals surface area contributed by atoms with Gasteiger partial charge in [-0.05, 0) is 38.9 Å². The average molecular weight is 291 g/mol. The third-order valence-electron chi connectivity index (χ3n) is 3.73. The van der Waals surface area contributed by atoms with Crippen molar-refractivity contribution in [3.8, 4) is 0 Å². The van der Waals surface area contributed by atoms with Crippen molar-refractivity contribution in [2.24, 2.45) is 5.92 Å². The lowest BCUT2D eigenvalue weighted by molar-refractivity contribution is 0.222. The SMILES string of the molecule is CN1CCC(CN(C)c2c(F)c(F)nc(F)c2F)CC1. The normalized spacial score (nSPS) is 17.5. The summed E-state index contributed by atoms with van der Waals surface area (Å²) in [4.78, 5) is 5.96. The molecule has 0 bridgehead atoms. The van der Waals surface area contributed by atoms with Crippen LogP contribution in [0.15, 0.2) is 0 Å². The second-order valence-corrected chi connectivity index (χ2v) is 5.30. The van der Waals surface area contributed by atoms with Crippen molar-refractivity contribution in [2.45, 2.75) is 12.8 Å². The van der Waals surface area contributed by atoms with E-state index in [0.29, 0.717) is 6.54 Å². The van der Waals surface area contributed by atoms with Gasteiger partial charge >= 0.3 is 0 Å². The summed E-state index contributed by atoms with van der Waals surface area (Å²) in [5.41, 5.74) is -0.686. The lowest BCUT2D eigenvalue weighted by Gasteiger charge is -2.32. The molecule has 7 heteroatoms. The Kier molecular flexibility index (Phi) is 4.47. The molecule has 2 heterocycles. The van der Waals surface area contributed by atoms with Crippen molar-refractivity contribution in [1.82, 2.24) is 9.88 Å². The largest absolute Gasteiger partial charge is 0.369 e. The highest BCUT2D eigenvalue weighted by Crippen LogP contribution is 2.27. The monoisotopic (exact) mass is 291 g/mol. The first-order chi connectivity index (χ1) is 9.40. The first-order valence-corrected chi connectivity index (χ1v) is 6.49. The Morgan fingerprint density at radius 1 is 1.10 bits per heavy atom. The zero-order chi connectivity index (χ0) is 14.9. The molecule has 0 aliphatic carbocycles. The highest BCUT2D eigenvalue weighted by Gasteiger charge is 2.26. The number of likely N-dealkylation sites (tertiary alicyclic amines) is 1. The summed E-state index contributed by atoms with van der Waals surface area (Å²) < 4.78 is 53.4. The number of piperidine rings is 1. The molecule has 1 aliphatic rings. The van der Waals surface area contributed by atoms with Crippen molar-refractivity contribution in [3.05, 3.63) is 23.5 Å². The van der Waals surface area contributed by atoms with Crippen molar-refractivity contribution >= 4 is 5.69 Å². The van der Waals surface area contributed by atoms with E-state index in [1.165, 1.54) is 11.9 Å². The van der Waals surface area contributed by atoms with Crippen LogP contribution in [-0.4, -0.2) is 43.6 Å². The van der Waals surface area contributed by atoms with E-state index in [4.69, 9.17) is 0 Å². The summed E-state index contributed by atoms with van der Waals surface area (Å²) in [7, 11) is 3.44. The maximum Gasteiger partial charge on any atom is 0.253 e. The Morgan fingerprint density at radius 2 is 1.60 bits per heavy atom. The molecule has 0 amide bonds. The van der Waals surface area contributed by atoms with E-state index in [2.05, 4.69) is 9.88 Å². The second kappa shape index (κ2) is 5.95. The van der Waals surface area contributed by atoms with Gasteiger partial charge < -0.3 is 9.80 Å². The van der Waals surface area contributed by atoms with Gasteiger partial charge in [0.25, 0.3) is 11.9 Å². The van der Waals surface area contributed by atoms with Crippen molar-refractivity contribution in [1.29, 1.82) is 0 Å². The summed E-state index contributed by atoms with van der Waals surface area (Å²) in [6.07, 6.45) is 1.78. The predicted molar refractivity (Wildman–Crippen MR) is 67.6 cm³/mol. The third-order valence-corrected chi connectivity index (χ3v) is 3.73. The number of halogens is 4. The highest BCUT2D eigenvalue weighted by atomic mass is 19.2. The van der Waals surface area contributed by atoms with E-state index in [0.717, 1.165) is 25.9 Å². The van der Waals surface area contributed by atoms with E-state index < -0.39 is 29.2 Å². The Bertz CT molecular complexity index is 461. The zero-order valence-electron chi connectivity index (χ0n) is 11.5. The Balaban J connectivity index is 2.15. The summed E-state index contributed by atoms with van der Waals surface area (Å²) in [6.45, 7) is 2.16. The van der Waals surface area contributed by atoms with Crippen molar-refractivity contribution < 1.29 is 17.6 Å². The van der Waals surface area contributed by atoms with Crippen LogP contribution >= 0.6 is 0 Å². The molecule has 1 aromatic heterocycles. The van der Waals surface area contributed by atoms with Gasteiger partial charge in [0.1, 0.15) is 5.69 Å². The van der Waals surface area contributed by atoms with Gasteiger partial charge in [-0.1, -0.05) is 0 Å². The van der Waals surface area contributed by atoms with Gasteiger partial charge in [0.15, 0.2) is 0 Å². The number of nitrogens with zero attached hydrogens (tertiary/aromatic N) is 3. The van der Waals surface area contributed by atoms with Crippen LogP contribution < -0.4 is 4.90 Å². The molecular formula is C13H17F4N3. The van der Waals surface area contributed by atoms with Crippen LogP contribution in [-0.2, 0) is 0 Å². The maximum atomic E-state index is 13.6. The van der Waals surface area contributed by atoms with Crippen LogP contribution in [0.5, 0.6) is 0 Å². The first kappa shape index (κ1) is 15.0. The van der Waals surface area contributed by atoms with Gasteiger partial charge in [-0.15, -0.1) is 0 Å². The molecule has 1 saturated heterocycles. The Morgan fingerprint density at radius 3 is 2.10 bits per heavy atom. The van der Waals surface area contributed by atoms with Gasteiger partial charge in [0.05, 0.1) is 0 Å². The predicted octanol–water partition coefficient (Wildman–Crippen LogP) is 2.42. The smallest absolute Gasteiger partial charge is 0.253 e. The highest BCUT2D eigenvalue weighted by molar-refractivity contribution is 5.47. The number of aromatic nitrogens is 1. The minimum absolute atomic E-state index is 0.245. The lowest BCUT2D eigenvalue weighted by Crippen LogP contribution is -2.36. The minimum atomic E-state index is -1.62. The second-order valence-electron chi connectivity index (χ2n) is 5.30. The fraction of sp³-hybridized carbons (Fsp3) is 0.615. The van der Waals surface area contributed by atoms with Crippen LogP contribution in [0.25, 0.3) is 0 Å². The molecule has 0 radical (unpaired) electrons. The average Bonchev–Trinajstić information content (AvgIpc) is 2.39. The number of hydrogen-bond acceptors (Lipinski definition) is 3. The van der Waals surface area contributed by atoms with Gasteiger partial charge in [-0.2, -0.15) is 22.5 Å². The fourth-order valence-electron chi connectivity index (χ4n) is 2.53. The van der Waals surface area contributed by atoms with Crippen LogP contribution in [0.4, 0.5) is 23.2 Å². The minimum Gasteiger partial charge on any atom is -0.369 e. The Labute approximate surface area is 115 Å². The molecule has 0 unspecified atom stereocenters. The molecule has 2 rings (SSSR count). The van der Waals surface area contributed by atoms with E-state index in [1.54, 1.807) is 0 Å². The summed E-state index contributed by atoms with van der Waals surface area (Å²) in [6, 6.07) is 0. The van der Waals surface area contributed by atoms with Crippen LogP contribution in [0.3, 0.4) is 0 Å².